The zero-order chi connectivity index (χ0) is 13.0. The summed E-state index contributed by atoms with van der Waals surface area (Å²) in [4.78, 5) is 0.810. The topological polar surface area (TPSA) is 46.2 Å². The van der Waals surface area contributed by atoms with E-state index in [0.29, 0.717) is 11.4 Å². The van der Waals surface area contributed by atoms with Gasteiger partial charge >= 0.3 is 0 Å². The van der Waals surface area contributed by atoms with Crippen LogP contribution in [0.4, 0.5) is 10.1 Å². The molecule has 2 rings (SSSR count). The lowest BCUT2D eigenvalue weighted by Gasteiger charge is -2.10. The summed E-state index contributed by atoms with van der Waals surface area (Å²) in [6.07, 6.45) is -0.584. The number of nitrogens with two attached hydrogens (primary N) is 1. The molecule has 0 radical (unpaired) electrons. The van der Waals surface area contributed by atoms with Crippen molar-refractivity contribution >= 4 is 17.4 Å². The third-order valence-corrected chi connectivity index (χ3v) is 3.59. The van der Waals surface area contributed by atoms with Crippen LogP contribution in [0.2, 0.25) is 0 Å². The lowest BCUT2D eigenvalue weighted by atomic mass is 10.1. The Morgan fingerprint density at radius 3 is 2.56 bits per heavy atom. The van der Waals surface area contributed by atoms with Crippen LogP contribution in [0.1, 0.15) is 11.7 Å². The zero-order valence-corrected chi connectivity index (χ0v) is 10.5. The lowest BCUT2D eigenvalue weighted by molar-refractivity contribution is 0.204. The van der Waals surface area contributed by atoms with Gasteiger partial charge in [0, 0.05) is 16.3 Å². The second kappa shape index (κ2) is 5.89. The van der Waals surface area contributed by atoms with E-state index in [9.17, 15) is 9.50 Å². The van der Waals surface area contributed by atoms with Crippen molar-refractivity contribution in [3.63, 3.8) is 0 Å². The van der Waals surface area contributed by atoms with Crippen LogP contribution in [0, 0.1) is 5.82 Å². The van der Waals surface area contributed by atoms with E-state index < -0.39 is 6.10 Å². The highest BCUT2D eigenvalue weighted by atomic mass is 32.2. The van der Waals surface area contributed by atoms with E-state index >= 15 is 0 Å². The Morgan fingerprint density at radius 2 is 1.89 bits per heavy atom. The molecule has 0 heterocycles. The fourth-order valence-corrected chi connectivity index (χ4v) is 2.46. The minimum atomic E-state index is -0.584. The molecule has 0 saturated carbocycles. The van der Waals surface area contributed by atoms with Crippen LogP contribution in [-0.2, 0) is 0 Å². The summed E-state index contributed by atoms with van der Waals surface area (Å²) in [5.41, 5.74) is 7.06. The van der Waals surface area contributed by atoms with Gasteiger partial charge in [0.25, 0.3) is 0 Å². The molecule has 0 aromatic heterocycles. The van der Waals surface area contributed by atoms with E-state index in [-0.39, 0.29) is 5.82 Å². The Bertz CT molecular complexity index is 515. The summed E-state index contributed by atoms with van der Waals surface area (Å²) in [7, 11) is 0. The largest absolute Gasteiger partial charge is 0.399 e. The molecule has 18 heavy (non-hydrogen) atoms. The van der Waals surface area contributed by atoms with E-state index in [0.717, 1.165) is 10.5 Å². The number of benzene rings is 2. The normalized spacial score (nSPS) is 12.3. The summed E-state index contributed by atoms with van der Waals surface area (Å²) >= 11 is 1.42. The van der Waals surface area contributed by atoms with Crippen molar-refractivity contribution in [1.82, 2.24) is 0 Å². The van der Waals surface area contributed by atoms with E-state index in [1.807, 2.05) is 6.07 Å². The molecule has 1 atom stereocenters. The van der Waals surface area contributed by atoms with Crippen LogP contribution >= 0.6 is 11.8 Å². The van der Waals surface area contributed by atoms with Gasteiger partial charge in [-0.25, -0.2) is 4.39 Å². The molecule has 0 spiro atoms. The minimum absolute atomic E-state index is 0.262. The summed E-state index contributed by atoms with van der Waals surface area (Å²) in [6, 6.07) is 13.5. The zero-order valence-electron chi connectivity index (χ0n) is 9.71. The van der Waals surface area contributed by atoms with Crippen molar-refractivity contribution in [3.05, 3.63) is 59.9 Å². The molecule has 0 bridgehead atoms. The molecular formula is C14H14FNOS. The first-order chi connectivity index (χ1) is 8.65. The van der Waals surface area contributed by atoms with Gasteiger partial charge in [0.2, 0.25) is 0 Å². The quantitative estimate of drug-likeness (QED) is 0.657. The van der Waals surface area contributed by atoms with Crippen LogP contribution < -0.4 is 5.73 Å². The summed E-state index contributed by atoms with van der Waals surface area (Å²) < 4.78 is 13.0. The monoisotopic (exact) mass is 263 g/mol. The van der Waals surface area contributed by atoms with Gasteiger partial charge in [0.15, 0.2) is 0 Å². The van der Waals surface area contributed by atoms with Gasteiger partial charge in [-0.2, -0.15) is 0 Å². The molecule has 2 aromatic rings. The first-order valence-corrected chi connectivity index (χ1v) is 6.55. The Labute approximate surface area is 110 Å². The molecular weight excluding hydrogens is 249 g/mol. The number of hydrogen-bond donors (Lipinski definition) is 2. The van der Waals surface area contributed by atoms with E-state index in [2.05, 4.69) is 0 Å². The van der Waals surface area contributed by atoms with Gasteiger partial charge in [-0.15, -0.1) is 11.8 Å². The molecule has 0 saturated heterocycles. The van der Waals surface area contributed by atoms with Crippen molar-refractivity contribution in [2.45, 2.75) is 11.0 Å². The number of aliphatic hydroxyl groups excluding tert-OH is 1. The highest BCUT2D eigenvalue weighted by Gasteiger charge is 2.08. The number of rotatable bonds is 4. The maximum absolute atomic E-state index is 13.0. The molecule has 0 aliphatic carbocycles. The Balaban J connectivity index is 1.96. The Hall–Kier alpha value is -1.52. The molecule has 0 aliphatic heterocycles. The average molecular weight is 263 g/mol. The predicted octanol–water partition coefficient (Wildman–Crippen LogP) is 3.23. The third-order valence-electron chi connectivity index (χ3n) is 2.53. The lowest BCUT2D eigenvalue weighted by Crippen LogP contribution is -2.00. The SMILES string of the molecule is Nc1ccc(C(O)CSc2cccc(F)c2)cc1. The van der Waals surface area contributed by atoms with Crippen molar-refractivity contribution < 1.29 is 9.50 Å². The predicted molar refractivity (Wildman–Crippen MR) is 72.9 cm³/mol. The fraction of sp³-hybridized carbons (Fsp3) is 0.143. The smallest absolute Gasteiger partial charge is 0.124 e. The Kier molecular flexibility index (Phi) is 4.23. The summed E-state index contributed by atoms with van der Waals surface area (Å²) in [5, 5.41) is 9.99. The van der Waals surface area contributed by atoms with Crippen molar-refractivity contribution in [3.8, 4) is 0 Å². The third kappa shape index (κ3) is 3.48. The van der Waals surface area contributed by atoms with E-state index in [4.69, 9.17) is 5.73 Å². The standard InChI is InChI=1S/C14H14FNOS/c15-11-2-1-3-13(8-11)18-9-14(17)10-4-6-12(16)7-5-10/h1-8,14,17H,9,16H2. The molecule has 0 amide bonds. The van der Waals surface area contributed by atoms with Crippen molar-refractivity contribution in [2.24, 2.45) is 0 Å². The number of aliphatic hydroxyl groups is 1. The van der Waals surface area contributed by atoms with Gasteiger partial charge in [0.05, 0.1) is 6.10 Å². The molecule has 0 aliphatic rings. The highest BCUT2D eigenvalue weighted by molar-refractivity contribution is 7.99. The molecule has 2 aromatic carbocycles. The number of thioether (sulfide) groups is 1. The van der Waals surface area contributed by atoms with Crippen molar-refractivity contribution in [2.75, 3.05) is 11.5 Å². The maximum Gasteiger partial charge on any atom is 0.124 e. The van der Waals surface area contributed by atoms with Gasteiger partial charge in [-0.1, -0.05) is 18.2 Å². The molecule has 3 N–H and O–H groups in total. The first kappa shape index (κ1) is 12.9. The van der Waals surface area contributed by atoms with E-state index in [1.54, 1.807) is 30.3 Å². The molecule has 0 fully saturated rings. The van der Waals surface area contributed by atoms with Gasteiger partial charge < -0.3 is 10.8 Å². The summed E-state index contributed by atoms with van der Waals surface area (Å²) in [5.74, 6) is 0.217. The number of anilines is 1. The van der Waals surface area contributed by atoms with Crippen LogP contribution in [0.25, 0.3) is 0 Å². The molecule has 1 unspecified atom stereocenters. The van der Waals surface area contributed by atoms with Crippen LogP contribution in [0.3, 0.4) is 0 Å². The van der Waals surface area contributed by atoms with Crippen LogP contribution in [0.5, 0.6) is 0 Å². The molecule has 94 valence electrons. The second-order valence-electron chi connectivity index (χ2n) is 3.95. The minimum Gasteiger partial charge on any atom is -0.399 e. The van der Waals surface area contributed by atoms with Crippen LogP contribution in [0.15, 0.2) is 53.4 Å². The van der Waals surface area contributed by atoms with Gasteiger partial charge in [-0.3, -0.25) is 0 Å². The molecule has 2 nitrogen and oxygen atoms in total. The number of nitrogen functional groups attached to an aromatic ring is 1. The second-order valence-corrected chi connectivity index (χ2v) is 5.04. The van der Waals surface area contributed by atoms with E-state index in [1.165, 1.54) is 23.9 Å². The van der Waals surface area contributed by atoms with Gasteiger partial charge in [-0.05, 0) is 35.9 Å². The van der Waals surface area contributed by atoms with Crippen molar-refractivity contribution in [1.29, 1.82) is 0 Å². The molecule has 4 heteroatoms. The number of hydrogen-bond acceptors (Lipinski definition) is 3. The highest BCUT2D eigenvalue weighted by Crippen LogP contribution is 2.25. The summed E-state index contributed by atoms with van der Waals surface area (Å²) in [6.45, 7) is 0. The maximum atomic E-state index is 13.0. The Morgan fingerprint density at radius 1 is 1.17 bits per heavy atom. The average Bonchev–Trinajstić information content (AvgIpc) is 2.37. The fourth-order valence-electron chi connectivity index (χ4n) is 1.55. The number of halogens is 1. The van der Waals surface area contributed by atoms with Crippen LogP contribution in [-0.4, -0.2) is 10.9 Å². The van der Waals surface area contributed by atoms with Gasteiger partial charge in [0.1, 0.15) is 5.82 Å². The first-order valence-electron chi connectivity index (χ1n) is 5.57.